The molecule has 3 aromatic rings. The molecule has 0 saturated carbocycles. The second kappa shape index (κ2) is 15.0. The fourth-order valence-electron chi connectivity index (χ4n) is 4.27. The molecule has 0 saturated heterocycles. The van der Waals surface area contributed by atoms with Crippen molar-refractivity contribution in [3.8, 4) is 5.75 Å². The maximum Gasteiger partial charge on any atom is 0.244 e. The SMILES string of the molecule is CCOc1ccc(N(CC(=O)N(Cc2ccc(Br)cc2)[C@@H](Cc2ccccc2)C(=O)N[C@@H](C)CC)S(C)(=O)=O)cc1. The normalized spacial score (nSPS) is 12.7. The van der Waals surface area contributed by atoms with Crippen molar-refractivity contribution in [2.75, 3.05) is 23.7 Å². The number of carbonyl (C=O) groups is 2. The highest BCUT2D eigenvalue weighted by Gasteiger charge is 2.33. The minimum atomic E-state index is -3.84. The van der Waals surface area contributed by atoms with E-state index in [0.29, 0.717) is 18.0 Å². The van der Waals surface area contributed by atoms with Crippen molar-refractivity contribution < 1.29 is 22.7 Å². The molecular formula is C31H38BrN3O5S. The molecule has 41 heavy (non-hydrogen) atoms. The van der Waals surface area contributed by atoms with Crippen LogP contribution in [-0.4, -0.2) is 56.6 Å². The average Bonchev–Trinajstić information content (AvgIpc) is 2.95. The van der Waals surface area contributed by atoms with E-state index in [1.54, 1.807) is 24.3 Å². The van der Waals surface area contributed by atoms with Crippen molar-refractivity contribution in [2.24, 2.45) is 0 Å². The molecule has 8 nitrogen and oxygen atoms in total. The van der Waals surface area contributed by atoms with Crippen LogP contribution in [0.2, 0.25) is 0 Å². The minimum absolute atomic E-state index is 0.0956. The monoisotopic (exact) mass is 643 g/mol. The zero-order chi connectivity index (χ0) is 30.0. The Balaban J connectivity index is 2.03. The van der Waals surface area contributed by atoms with Crippen LogP contribution in [0.4, 0.5) is 5.69 Å². The second-order valence-corrected chi connectivity index (χ2v) is 12.7. The van der Waals surface area contributed by atoms with Crippen LogP contribution in [0.3, 0.4) is 0 Å². The molecule has 2 amide bonds. The molecule has 0 radical (unpaired) electrons. The van der Waals surface area contributed by atoms with Crippen LogP contribution in [0.15, 0.2) is 83.3 Å². The lowest BCUT2D eigenvalue weighted by Gasteiger charge is -2.34. The average molecular weight is 645 g/mol. The van der Waals surface area contributed by atoms with Gasteiger partial charge in [0.15, 0.2) is 0 Å². The van der Waals surface area contributed by atoms with Gasteiger partial charge in [0.2, 0.25) is 21.8 Å². The summed E-state index contributed by atoms with van der Waals surface area (Å²) in [4.78, 5) is 29.3. The van der Waals surface area contributed by atoms with Crippen molar-refractivity contribution in [1.29, 1.82) is 0 Å². The van der Waals surface area contributed by atoms with Gasteiger partial charge in [-0.25, -0.2) is 8.42 Å². The van der Waals surface area contributed by atoms with E-state index in [4.69, 9.17) is 4.74 Å². The van der Waals surface area contributed by atoms with E-state index < -0.39 is 28.5 Å². The second-order valence-electron chi connectivity index (χ2n) is 9.87. The van der Waals surface area contributed by atoms with Gasteiger partial charge in [0, 0.05) is 23.5 Å². The highest BCUT2D eigenvalue weighted by molar-refractivity contribution is 9.10. The maximum atomic E-state index is 14.1. The Morgan fingerprint density at radius 3 is 2.12 bits per heavy atom. The van der Waals surface area contributed by atoms with Gasteiger partial charge in [-0.2, -0.15) is 0 Å². The molecule has 0 aliphatic heterocycles. The number of nitrogens with zero attached hydrogens (tertiary/aromatic N) is 2. The number of rotatable bonds is 14. The number of carbonyl (C=O) groups excluding carboxylic acids is 2. The zero-order valence-electron chi connectivity index (χ0n) is 23.9. The summed E-state index contributed by atoms with van der Waals surface area (Å²) >= 11 is 3.44. The van der Waals surface area contributed by atoms with Crippen molar-refractivity contribution >= 4 is 43.5 Å². The van der Waals surface area contributed by atoms with Crippen LogP contribution in [0.25, 0.3) is 0 Å². The number of ether oxygens (including phenoxy) is 1. The van der Waals surface area contributed by atoms with Crippen LogP contribution in [0.5, 0.6) is 5.75 Å². The highest BCUT2D eigenvalue weighted by atomic mass is 79.9. The number of benzene rings is 3. The van der Waals surface area contributed by atoms with Crippen LogP contribution >= 0.6 is 15.9 Å². The molecule has 10 heteroatoms. The van der Waals surface area contributed by atoms with Gasteiger partial charge in [-0.15, -0.1) is 0 Å². The zero-order valence-corrected chi connectivity index (χ0v) is 26.3. The molecular weight excluding hydrogens is 606 g/mol. The number of hydrogen-bond acceptors (Lipinski definition) is 5. The Kier molecular flexibility index (Phi) is 11.8. The molecule has 0 heterocycles. The molecule has 0 aliphatic rings. The summed E-state index contributed by atoms with van der Waals surface area (Å²) in [5, 5.41) is 3.03. The lowest BCUT2D eigenvalue weighted by molar-refractivity contribution is -0.140. The number of hydrogen-bond donors (Lipinski definition) is 1. The maximum absolute atomic E-state index is 14.1. The molecule has 0 aromatic heterocycles. The van der Waals surface area contributed by atoms with Crippen molar-refractivity contribution in [2.45, 2.75) is 52.2 Å². The van der Waals surface area contributed by atoms with E-state index in [2.05, 4.69) is 21.2 Å². The van der Waals surface area contributed by atoms with E-state index in [0.717, 1.165) is 32.6 Å². The molecule has 0 spiro atoms. The van der Waals surface area contributed by atoms with Crippen LogP contribution in [-0.2, 0) is 32.6 Å². The molecule has 0 fully saturated rings. The summed E-state index contributed by atoms with van der Waals surface area (Å²) in [5.74, 6) is -0.189. The third-order valence-electron chi connectivity index (χ3n) is 6.65. The third kappa shape index (κ3) is 9.60. The van der Waals surface area contributed by atoms with E-state index in [9.17, 15) is 18.0 Å². The van der Waals surface area contributed by atoms with Gasteiger partial charge in [0.25, 0.3) is 0 Å². The molecule has 220 valence electrons. The molecule has 0 unspecified atom stereocenters. The highest BCUT2D eigenvalue weighted by Crippen LogP contribution is 2.23. The summed E-state index contributed by atoms with van der Waals surface area (Å²) in [6.07, 6.45) is 2.06. The lowest BCUT2D eigenvalue weighted by Crippen LogP contribution is -2.54. The fraction of sp³-hybridized carbons (Fsp3) is 0.355. The lowest BCUT2D eigenvalue weighted by atomic mass is 10.0. The Labute approximate surface area is 251 Å². The van der Waals surface area contributed by atoms with Gasteiger partial charge >= 0.3 is 0 Å². The molecule has 1 N–H and O–H groups in total. The molecule has 3 rings (SSSR count). The Hall–Kier alpha value is -3.37. The van der Waals surface area contributed by atoms with Crippen LogP contribution in [0.1, 0.15) is 38.3 Å². The van der Waals surface area contributed by atoms with Crippen molar-refractivity contribution in [1.82, 2.24) is 10.2 Å². The van der Waals surface area contributed by atoms with E-state index >= 15 is 0 Å². The van der Waals surface area contributed by atoms with Gasteiger partial charge in [-0.05, 0) is 67.8 Å². The first-order valence-corrected chi connectivity index (χ1v) is 16.2. The van der Waals surface area contributed by atoms with Gasteiger partial charge < -0.3 is 15.0 Å². The van der Waals surface area contributed by atoms with Gasteiger partial charge in [-0.3, -0.25) is 13.9 Å². The predicted octanol–water partition coefficient (Wildman–Crippen LogP) is 5.17. The van der Waals surface area contributed by atoms with Gasteiger partial charge in [-0.1, -0.05) is 65.3 Å². The Morgan fingerprint density at radius 1 is 0.927 bits per heavy atom. The number of sulfonamides is 1. The fourth-order valence-corrected chi connectivity index (χ4v) is 5.38. The van der Waals surface area contributed by atoms with E-state index in [1.165, 1.54) is 4.90 Å². The summed E-state index contributed by atoms with van der Waals surface area (Å²) in [7, 11) is -3.84. The molecule has 2 atom stereocenters. The first kappa shape index (κ1) is 32.1. The van der Waals surface area contributed by atoms with E-state index in [-0.39, 0.29) is 24.9 Å². The predicted molar refractivity (Wildman–Crippen MR) is 166 cm³/mol. The first-order chi connectivity index (χ1) is 19.5. The minimum Gasteiger partial charge on any atom is -0.494 e. The summed E-state index contributed by atoms with van der Waals surface area (Å²) in [6.45, 7) is 5.88. The largest absolute Gasteiger partial charge is 0.494 e. The molecule has 0 aliphatic carbocycles. The van der Waals surface area contributed by atoms with Gasteiger partial charge in [0.05, 0.1) is 18.6 Å². The Morgan fingerprint density at radius 2 is 1.56 bits per heavy atom. The summed E-state index contributed by atoms with van der Waals surface area (Å²) in [5.41, 5.74) is 2.02. The number of nitrogens with one attached hydrogen (secondary N) is 1. The van der Waals surface area contributed by atoms with Crippen LogP contribution in [0, 0.1) is 0 Å². The standard InChI is InChI=1S/C31H38BrN3O5S/c1-5-23(3)33-31(37)29(20-24-10-8-7-9-11-24)34(21-25-12-14-26(32)15-13-25)30(36)22-35(41(4,38)39)27-16-18-28(19-17-27)40-6-2/h7-19,23,29H,5-6,20-22H2,1-4H3,(H,33,37)/t23-,29-/m0/s1. The smallest absolute Gasteiger partial charge is 0.244 e. The quantitative estimate of drug-likeness (QED) is 0.262. The first-order valence-electron chi connectivity index (χ1n) is 13.6. The summed E-state index contributed by atoms with van der Waals surface area (Å²) in [6, 6.07) is 22.5. The summed E-state index contributed by atoms with van der Waals surface area (Å²) < 4.78 is 33.3. The van der Waals surface area contributed by atoms with E-state index in [1.807, 2.05) is 75.4 Å². The van der Waals surface area contributed by atoms with Crippen molar-refractivity contribution in [3.63, 3.8) is 0 Å². The third-order valence-corrected chi connectivity index (χ3v) is 8.32. The molecule has 0 bridgehead atoms. The number of anilines is 1. The van der Waals surface area contributed by atoms with Crippen molar-refractivity contribution in [3.05, 3.63) is 94.5 Å². The Bertz CT molecular complexity index is 1380. The number of amides is 2. The van der Waals surface area contributed by atoms with Crippen LogP contribution < -0.4 is 14.4 Å². The molecule has 3 aromatic carbocycles. The van der Waals surface area contributed by atoms with Gasteiger partial charge in [0.1, 0.15) is 18.3 Å². The number of halogens is 1. The topological polar surface area (TPSA) is 96.0 Å².